The minimum absolute atomic E-state index is 0.144. The molecule has 0 saturated heterocycles. The molecule has 1 aromatic rings. The van der Waals surface area contributed by atoms with Crippen LogP contribution in [0.2, 0.25) is 0 Å². The Kier molecular flexibility index (Phi) is 5.28. The van der Waals surface area contributed by atoms with Crippen molar-refractivity contribution in [1.29, 1.82) is 5.26 Å². The van der Waals surface area contributed by atoms with Crippen molar-refractivity contribution >= 4 is 10.0 Å². The van der Waals surface area contributed by atoms with Gasteiger partial charge in [0.25, 0.3) is 0 Å². The first-order chi connectivity index (χ1) is 8.49. The summed E-state index contributed by atoms with van der Waals surface area (Å²) in [5.41, 5.74) is 6.17. The highest BCUT2D eigenvalue weighted by atomic mass is 32.2. The Balaban J connectivity index is 2.71. The molecule has 1 rings (SSSR count). The van der Waals surface area contributed by atoms with E-state index in [9.17, 15) is 8.42 Å². The van der Waals surface area contributed by atoms with Crippen molar-refractivity contribution in [3.8, 4) is 6.07 Å². The van der Waals surface area contributed by atoms with Gasteiger partial charge in [0.05, 0.1) is 16.5 Å². The molecule has 0 saturated carbocycles. The van der Waals surface area contributed by atoms with Gasteiger partial charge >= 0.3 is 0 Å². The normalized spacial score (nSPS) is 12.9. The molecule has 0 fully saturated rings. The first-order valence-electron chi connectivity index (χ1n) is 5.75. The zero-order chi connectivity index (χ0) is 13.6. The average Bonchev–Trinajstić information content (AvgIpc) is 2.37. The molecule has 3 N–H and O–H groups in total. The number of hydrogen-bond donors (Lipinski definition) is 2. The van der Waals surface area contributed by atoms with E-state index in [4.69, 9.17) is 11.0 Å². The van der Waals surface area contributed by atoms with Crippen LogP contribution in [0.5, 0.6) is 0 Å². The van der Waals surface area contributed by atoms with Crippen molar-refractivity contribution < 1.29 is 8.42 Å². The second kappa shape index (κ2) is 6.50. The largest absolute Gasteiger partial charge is 0.327 e. The Morgan fingerprint density at radius 1 is 1.39 bits per heavy atom. The van der Waals surface area contributed by atoms with E-state index in [2.05, 4.69) is 4.72 Å². The van der Waals surface area contributed by atoms with Gasteiger partial charge in [-0.05, 0) is 30.7 Å². The van der Waals surface area contributed by atoms with Gasteiger partial charge < -0.3 is 5.73 Å². The van der Waals surface area contributed by atoms with Gasteiger partial charge in [-0.25, -0.2) is 13.1 Å². The molecule has 98 valence electrons. The predicted molar refractivity (Wildman–Crippen MR) is 69.2 cm³/mol. The van der Waals surface area contributed by atoms with Gasteiger partial charge in [0, 0.05) is 12.6 Å². The summed E-state index contributed by atoms with van der Waals surface area (Å²) in [6, 6.07) is 7.52. The molecule has 0 unspecified atom stereocenters. The Labute approximate surface area is 108 Å². The molecule has 0 radical (unpaired) electrons. The lowest BCUT2D eigenvalue weighted by molar-refractivity contribution is 0.553. The second-order valence-corrected chi connectivity index (χ2v) is 5.80. The summed E-state index contributed by atoms with van der Waals surface area (Å²) in [7, 11) is -3.54. The Morgan fingerprint density at radius 3 is 2.50 bits per heavy atom. The van der Waals surface area contributed by atoms with Gasteiger partial charge in [0.1, 0.15) is 0 Å². The Hall–Kier alpha value is -1.42. The van der Waals surface area contributed by atoms with Crippen LogP contribution in [-0.2, 0) is 10.0 Å². The molecule has 1 aromatic carbocycles. The number of nitrogens with two attached hydrogens (primary N) is 1. The van der Waals surface area contributed by atoms with Crippen LogP contribution >= 0.6 is 0 Å². The fourth-order valence-electron chi connectivity index (χ4n) is 1.48. The van der Waals surface area contributed by atoms with Crippen LogP contribution in [0.4, 0.5) is 0 Å². The van der Waals surface area contributed by atoms with Crippen molar-refractivity contribution in [1.82, 2.24) is 4.72 Å². The zero-order valence-electron chi connectivity index (χ0n) is 10.3. The predicted octanol–water partition coefficient (Wildman–Crippen LogP) is 0.964. The van der Waals surface area contributed by atoms with E-state index in [0.29, 0.717) is 5.56 Å². The molecule has 0 aromatic heterocycles. The standard InChI is InChI=1S/C12H17N3O2S/c1-2-3-11(14)9-15-18(16,17)12-6-4-10(8-13)5-7-12/h4-7,11,15H,2-3,9,14H2,1H3/t11-/m0/s1. The molecule has 0 heterocycles. The number of sulfonamides is 1. The third-order valence-corrected chi connectivity index (χ3v) is 3.93. The van der Waals surface area contributed by atoms with Crippen LogP contribution in [0.15, 0.2) is 29.2 Å². The zero-order valence-corrected chi connectivity index (χ0v) is 11.1. The van der Waals surface area contributed by atoms with Crippen LogP contribution < -0.4 is 10.5 Å². The molecular formula is C12H17N3O2S. The quantitative estimate of drug-likeness (QED) is 0.802. The van der Waals surface area contributed by atoms with E-state index >= 15 is 0 Å². The number of rotatable bonds is 6. The summed E-state index contributed by atoms with van der Waals surface area (Å²) < 4.78 is 26.2. The molecule has 0 aliphatic carbocycles. The van der Waals surface area contributed by atoms with Crippen LogP contribution in [0.3, 0.4) is 0 Å². The lowest BCUT2D eigenvalue weighted by atomic mass is 10.2. The van der Waals surface area contributed by atoms with E-state index in [1.54, 1.807) is 0 Å². The summed E-state index contributed by atoms with van der Waals surface area (Å²) in [4.78, 5) is 0.144. The number of hydrogen-bond acceptors (Lipinski definition) is 4. The number of nitrogens with one attached hydrogen (secondary N) is 1. The van der Waals surface area contributed by atoms with Gasteiger partial charge in [0.2, 0.25) is 10.0 Å². The van der Waals surface area contributed by atoms with E-state index in [1.807, 2.05) is 13.0 Å². The Bertz CT molecular complexity index is 517. The lowest BCUT2D eigenvalue weighted by Crippen LogP contribution is -2.37. The van der Waals surface area contributed by atoms with Gasteiger partial charge in [-0.3, -0.25) is 0 Å². The molecule has 0 aliphatic heterocycles. The highest BCUT2D eigenvalue weighted by Gasteiger charge is 2.14. The summed E-state index contributed by atoms with van der Waals surface area (Å²) in [5, 5.41) is 8.63. The molecule has 0 amide bonds. The fraction of sp³-hybridized carbons (Fsp3) is 0.417. The molecule has 0 aliphatic rings. The topological polar surface area (TPSA) is 96.0 Å². The molecule has 0 bridgehead atoms. The van der Waals surface area contributed by atoms with E-state index in [0.717, 1.165) is 12.8 Å². The second-order valence-electron chi connectivity index (χ2n) is 4.04. The molecular weight excluding hydrogens is 250 g/mol. The highest BCUT2D eigenvalue weighted by molar-refractivity contribution is 7.89. The van der Waals surface area contributed by atoms with Gasteiger partial charge in [-0.15, -0.1) is 0 Å². The maximum Gasteiger partial charge on any atom is 0.240 e. The van der Waals surface area contributed by atoms with Crippen molar-refractivity contribution in [2.45, 2.75) is 30.7 Å². The third-order valence-electron chi connectivity index (χ3n) is 2.49. The van der Waals surface area contributed by atoms with Crippen molar-refractivity contribution in [2.75, 3.05) is 6.54 Å². The van der Waals surface area contributed by atoms with Crippen LogP contribution in [0.25, 0.3) is 0 Å². The number of nitriles is 1. The highest BCUT2D eigenvalue weighted by Crippen LogP contribution is 2.09. The van der Waals surface area contributed by atoms with Gasteiger partial charge in [0.15, 0.2) is 0 Å². The van der Waals surface area contributed by atoms with Gasteiger partial charge in [-0.1, -0.05) is 13.3 Å². The molecule has 5 nitrogen and oxygen atoms in total. The average molecular weight is 267 g/mol. The van der Waals surface area contributed by atoms with Crippen molar-refractivity contribution in [2.24, 2.45) is 5.73 Å². The summed E-state index contributed by atoms with van der Waals surface area (Å²) in [5.74, 6) is 0. The Morgan fingerprint density at radius 2 is 2.00 bits per heavy atom. The minimum Gasteiger partial charge on any atom is -0.327 e. The van der Waals surface area contributed by atoms with Crippen LogP contribution in [-0.4, -0.2) is 21.0 Å². The lowest BCUT2D eigenvalue weighted by Gasteiger charge is -2.12. The van der Waals surface area contributed by atoms with E-state index in [1.165, 1.54) is 24.3 Å². The van der Waals surface area contributed by atoms with Gasteiger partial charge in [-0.2, -0.15) is 5.26 Å². The number of nitrogens with zero attached hydrogens (tertiary/aromatic N) is 1. The number of benzene rings is 1. The van der Waals surface area contributed by atoms with Crippen molar-refractivity contribution in [3.05, 3.63) is 29.8 Å². The summed E-state index contributed by atoms with van der Waals surface area (Å²) >= 11 is 0. The summed E-state index contributed by atoms with van der Waals surface area (Å²) in [6.45, 7) is 2.21. The maximum absolute atomic E-state index is 11.9. The van der Waals surface area contributed by atoms with E-state index < -0.39 is 10.0 Å². The smallest absolute Gasteiger partial charge is 0.240 e. The first-order valence-corrected chi connectivity index (χ1v) is 7.23. The van der Waals surface area contributed by atoms with Crippen LogP contribution in [0.1, 0.15) is 25.3 Å². The van der Waals surface area contributed by atoms with Crippen molar-refractivity contribution in [3.63, 3.8) is 0 Å². The maximum atomic E-state index is 11.9. The molecule has 1 atom stereocenters. The van der Waals surface area contributed by atoms with Crippen LogP contribution in [0, 0.1) is 11.3 Å². The first kappa shape index (κ1) is 14.6. The van der Waals surface area contributed by atoms with E-state index in [-0.39, 0.29) is 17.5 Å². The minimum atomic E-state index is -3.54. The SMILES string of the molecule is CCC[C@H](N)CNS(=O)(=O)c1ccc(C#N)cc1. The summed E-state index contributed by atoms with van der Waals surface area (Å²) in [6.07, 6.45) is 1.69. The monoisotopic (exact) mass is 267 g/mol. The fourth-order valence-corrected chi connectivity index (χ4v) is 2.58. The molecule has 18 heavy (non-hydrogen) atoms. The third kappa shape index (κ3) is 4.11. The molecule has 6 heteroatoms. The molecule has 0 spiro atoms.